The van der Waals surface area contributed by atoms with Gasteiger partial charge in [-0.1, -0.05) is 24.3 Å². The van der Waals surface area contributed by atoms with Gasteiger partial charge in [-0.15, -0.1) is 0 Å². The summed E-state index contributed by atoms with van der Waals surface area (Å²) in [6, 6.07) is 18.5. The molecule has 0 saturated heterocycles. The van der Waals surface area contributed by atoms with E-state index < -0.39 is 21.7 Å². The highest BCUT2D eigenvalue weighted by molar-refractivity contribution is 7.92. The summed E-state index contributed by atoms with van der Waals surface area (Å²) in [5, 5.41) is 7.35. The number of ether oxygens (including phenoxy) is 2. The first-order valence-corrected chi connectivity index (χ1v) is 14.4. The zero-order valence-corrected chi connectivity index (χ0v) is 24.9. The summed E-state index contributed by atoms with van der Waals surface area (Å²) >= 11 is 0. The van der Waals surface area contributed by atoms with Gasteiger partial charge in [0.2, 0.25) is 0 Å². The number of carbonyl (C=O) groups excluding carboxylic acids is 2. The molecule has 3 rings (SSSR count). The van der Waals surface area contributed by atoms with E-state index in [9.17, 15) is 18.0 Å². The van der Waals surface area contributed by atoms with Gasteiger partial charge in [0.05, 0.1) is 12.8 Å². The predicted molar refractivity (Wildman–Crippen MR) is 160 cm³/mol. The van der Waals surface area contributed by atoms with E-state index in [0.29, 0.717) is 41.2 Å². The molecule has 0 atom stereocenters. The highest BCUT2D eigenvalue weighted by Crippen LogP contribution is 2.32. The summed E-state index contributed by atoms with van der Waals surface area (Å²) < 4.78 is 40.1. The number of hydrogen-bond acceptors (Lipinski definition) is 8. The highest BCUT2D eigenvalue weighted by Gasteiger charge is 2.21. The van der Waals surface area contributed by atoms with E-state index in [4.69, 9.17) is 9.47 Å². The van der Waals surface area contributed by atoms with Crippen molar-refractivity contribution < 1.29 is 27.5 Å². The van der Waals surface area contributed by atoms with Crippen LogP contribution in [0.4, 0.5) is 16.2 Å². The van der Waals surface area contributed by atoms with Crippen molar-refractivity contribution in [2.24, 2.45) is 0 Å². The van der Waals surface area contributed by atoms with E-state index in [1.54, 1.807) is 101 Å². The number of methoxy groups -OCH3 is 1. The molecule has 0 heterocycles. The summed E-state index contributed by atoms with van der Waals surface area (Å²) in [5.41, 5.74) is 4.80. The lowest BCUT2D eigenvalue weighted by molar-refractivity contribution is 0.0529. The minimum atomic E-state index is -4.06. The maximum absolute atomic E-state index is 13.5. The number of amides is 2. The van der Waals surface area contributed by atoms with Crippen LogP contribution in [0, 0.1) is 0 Å². The Morgan fingerprint density at radius 1 is 0.878 bits per heavy atom. The lowest BCUT2D eigenvalue weighted by Crippen LogP contribution is -2.36. The molecule has 220 valence electrons. The van der Waals surface area contributed by atoms with Gasteiger partial charge in [-0.3, -0.25) is 14.9 Å². The molecule has 0 aliphatic carbocycles. The second-order valence-corrected chi connectivity index (χ2v) is 12.0. The molecule has 12 heteroatoms. The largest absolute Gasteiger partial charge is 0.495 e. The Hall–Kier alpha value is -4.29. The Kier molecular flexibility index (Phi) is 10.2. The van der Waals surface area contributed by atoms with E-state index in [2.05, 4.69) is 20.8 Å². The van der Waals surface area contributed by atoms with Crippen LogP contribution in [0.1, 0.15) is 31.1 Å². The number of sulfonamides is 1. The summed E-state index contributed by atoms with van der Waals surface area (Å²) in [7, 11) is 0.764. The predicted octanol–water partition coefficient (Wildman–Crippen LogP) is 4.31. The Labute approximate surface area is 241 Å². The van der Waals surface area contributed by atoms with Crippen LogP contribution < -0.4 is 25.5 Å². The van der Waals surface area contributed by atoms with Crippen molar-refractivity contribution in [1.82, 2.24) is 15.8 Å². The Morgan fingerprint density at radius 3 is 2.24 bits per heavy atom. The third-order valence-electron chi connectivity index (χ3n) is 5.47. The molecule has 0 fully saturated rings. The minimum absolute atomic E-state index is 0.0550. The van der Waals surface area contributed by atoms with Crippen LogP contribution in [0.3, 0.4) is 0 Å². The summed E-state index contributed by atoms with van der Waals surface area (Å²) in [4.78, 5) is 24.2. The summed E-state index contributed by atoms with van der Waals surface area (Å²) in [6.45, 7) is 6.07. The summed E-state index contributed by atoms with van der Waals surface area (Å²) in [5.74, 6) is -0.112. The van der Waals surface area contributed by atoms with Crippen LogP contribution in [0.25, 0.3) is 11.1 Å². The van der Waals surface area contributed by atoms with Crippen molar-refractivity contribution in [3.05, 3.63) is 72.3 Å². The van der Waals surface area contributed by atoms with Gasteiger partial charge < -0.3 is 20.1 Å². The number of nitrogens with zero attached hydrogens (tertiary/aromatic N) is 1. The minimum Gasteiger partial charge on any atom is -0.495 e. The molecule has 3 aromatic carbocycles. The molecule has 0 bridgehead atoms. The highest BCUT2D eigenvalue weighted by atomic mass is 32.2. The van der Waals surface area contributed by atoms with Crippen molar-refractivity contribution in [1.29, 1.82) is 0 Å². The van der Waals surface area contributed by atoms with Crippen molar-refractivity contribution in [2.75, 3.05) is 44.3 Å². The van der Waals surface area contributed by atoms with Crippen LogP contribution >= 0.6 is 0 Å². The first-order chi connectivity index (χ1) is 19.3. The fourth-order valence-corrected chi connectivity index (χ4v) is 5.01. The second-order valence-electron chi connectivity index (χ2n) is 10.3. The lowest BCUT2D eigenvalue weighted by Gasteiger charge is -2.19. The topological polar surface area (TPSA) is 138 Å². The maximum Gasteiger partial charge on any atom is 0.407 e. The molecule has 0 radical (unpaired) electrons. The number of nitrogens with one attached hydrogen (secondary N) is 4. The Bertz CT molecular complexity index is 1490. The van der Waals surface area contributed by atoms with Gasteiger partial charge in [-0.05, 0) is 74.4 Å². The van der Waals surface area contributed by atoms with Gasteiger partial charge in [0, 0.05) is 38.4 Å². The second kappa shape index (κ2) is 13.4. The Balaban J connectivity index is 1.76. The van der Waals surface area contributed by atoms with Gasteiger partial charge in [-0.25, -0.2) is 18.2 Å². The molecule has 2 amide bonds. The molecule has 0 saturated carbocycles. The number of benzene rings is 3. The van der Waals surface area contributed by atoms with Gasteiger partial charge in [0.25, 0.3) is 15.9 Å². The SMILES string of the molecule is COc1ccc(-c2cccc(C(=O)NN(C)C)c2)cc1S(=O)(=O)Nc1cccc(NCCNC(=O)OC(C)(C)C)c1. The molecular formula is C29H37N5O6S. The van der Waals surface area contributed by atoms with E-state index in [1.165, 1.54) is 13.2 Å². The van der Waals surface area contributed by atoms with Crippen LogP contribution in [-0.4, -0.2) is 65.3 Å². The molecule has 0 unspecified atom stereocenters. The Morgan fingerprint density at radius 2 is 1.56 bits per heavy atom. The zero-order chi connectivity index (χ0) is 30.2. The molecule has 0 aromatic heterocycles. The van der Waals surface area contributed by atoms with E-state index >= 15 is 0 Å². The van der Waals surface area contributed by atoms with E-state index in [1.807, 2.05) is 0 Å². The first-order valence-electron chi connectivity index (χ1n) is 12.9. The van der Waals surface area contributed by atoms with Crippen molar-refractivity contribution in [2.45, 2.75) is 31.3 Å². The quantitative estimate of drug-likeness (QED) is 0.194. The van der Waals surface area contributed by atoms with Gasteiger partial charge >= 0.3 is 6.09 Å². The maximum atomic E-state index is 13.5. The van der Waals surface area contributed by atoms with Crippen LogP contribution in [0.2, 0.25) is 0 Å². The third kappa shape index (κ3) is 9.40. The average molecular weight is 584 g/mol. The molecule has 41 heavy (non-hydrogen) atoms. The normalized spacial score (nSPS) is 11.5. The number of anilines is 2. The van der Waals surface area contributed by atoms with Gasteiger partial charge in [0.15, 0.2) is 0 Å². The number of rotatable bonds is 11. The fraction of sp³-hybridized carbons (Fsp3) is 0.310. The van der Waals surface area contributed by atoms with Crippen LogP contribution in [-0.2, 0) is 14.8 Å². The van der Waals surface area contributed by atoms with Crippen molar-refractivity contribution >= 4 is 33.4 Å². The van der Waals surface area contributed by atoms with Crippen LogP contribution in [0.5, 0.6) is 5.75 Å². The van der Waals surface area contributed by atoms with Gasteiger partial charge in [0.1, 0.15) is 16.2 Å². The first kappa shape index (κ1) is 31.2. The zero-order valence-electron chi connectivity index (χ0n) is 24.1. The monoisotopic (exact) mass is 583 g/mol. The van der Waals surface area contributed by atoms with E-state index in [-0.39, 0.29) is 16.6 Å². The fourth-order valence-electron chi connectivity index (χ4n) is 3.76. The van der Waals surface area contributed by atoms with Crippen LogP contribution in [0.15, 0.2) is 71.6 Å². The molecule has 0 aliphatic heterocycles. The number of carbonyl (C=O) groups is 2. The molecule has 3 aromatic rings. The third-order valence-corrected chi connectivity index (χ3v) is 6.88. The lowest BCUT2D eigenvalue weighted by atomic mass is 10.0. The smallest absolute Gasteiger partial charge is 0.407 e. The van der Waals surface area contributed by atoms with E-state index in [0.717, 1.165) is 0 Å². The molecular weight excluding hydrogens is 546 g/mol. The standard InChI is InChI=1S/C29H37N5O6S/c1-29(2,3)40-28(36)31-16-15-30-23-11-8-12-24(19-23)33-41(37,38)26-18-21(13-14-25(26)39-6)20-9-7-10-22(17-20)27(35)32-34(4)5/h7-14,17-19,30,33H,15-16H2,1-6H3,(H,31,36)(H,32,35). The number of hydrazine groups is 1. The molecule has 0 aliphatic rings. The molecule has 11 nitrogen and oxygen atoms in total. The summed E-state index contributed by atoms with van der Waals surface area (Å²) in [6.07, 6.45) is -0.513. The number of alkyl carbamates (subject to hydrolysis) is 1. The van der Waals surface area contributed by atoms with Crippen molar-refractivity contribution in [3.8, 4) is 16.9 Å². The number of hydrogen-bond donors (Lipinski definition) is 4. The molecule has 4 N–H and O–H groups in total. The average Bonchev–Trinajstić information content (AvgIpc) is 2.89. The van der Waals surface area contributed by atoms with Crippen molar-refractivity contribution in [3.63, 3.8) is 0 Å². The molecule has 0 spiro atoms. The van der Waals surface area contributed by atoms with Gasteiger partial charge in [-0.2, -0.15) is 0 Å².